The summed E-state index contributed by atoms with van der Waals surface area (Å²) in [5.41, 5.74) is 2.59. The highest BCUT2D eigenvalue weighted by Crippen LogP contribution is 2.21. The first-order chi connectivity index (χ1) is 8.81. The van der Waals surface area contributed by atoms with Gasteiger partial charge in [0, 0.05) is 25.0 Å². The Hall–Kier alpha value is -1.48. The molecular formula is C14H16ClN3. The molecule has 0 N–H and O–H groups in total. The second-order valence-electron chi connectivity index (χ2n) is 4.72. The van der Waals surface area contributed by atoms with E-state index in [1.165, 1.54) is 37.2 Å². The SMILES string of the molecule is Clc1cnn(Cc2cccc(N3CCCC3)c2)c1. The van der Waals surface area contributed by atoms with Crippen molar-refractivity contribution in [3.63, 3.8) is 0 Å². The van der Waals surface area contributed by atoms with Crippen LogP contribution in [0.4, 0.5) is 5.69 Å². The number of aromatic nitrogens is 2. The molecule has 1 aromatic carbocycles. The van der Waals surface area contributed by atoms with Crippen LogP contribution in [0.3, 0.4) is 0 Å². The molecule has 1 fully saturated rings. The van der Waals surface area contributed by atoms with Gasteiger partial charge in [-0.2, -0.15) is 5.10 Å². The molecule has 0 saturated carbocycles. The molecule has 3 rings (SSSR count). The molecule has 0 bridgehead atoms. The molecule has 1 saturated heterocycles. The molecule has 0 spiro atoms. The summed E-state index contributed by atoms with van der Waals surface area (Å²) in [5.74, 6) is 0. The van der Waals surface area contributed by atoms with Crippen LogP contribution in [0.1, 0.15) is 18.4 Å². The molecule has 0 atom stereocenters. The van der Waals surface area contributed by atoms with Crippen LogP contribution in [-0.2, 0) is 6.54 Å². The van der Waals surface area contributed by atoms with Crippen molar-refractivity contribution in [2.45, 2.75) is 19.4 Å². The Morgan fingerprint density at radius 1 is 1.22 bits per heavy atom. The highest BCUT2D eigenvalue weighted by atomic mass is 35.5. The molecule has 0 unspecified atom stereocenters. The fourth-order valence-electron chi connectivity index (χ4n) is 2.44. The largest absolute Gasteiger partial charge is 0.372 e. The zero-order valence-corrected chi connectivity index (χ0v) is 11.0. The van der Waals surface area contributed by atoms with E-state index in [-0.39, 0.29) is 0 Å². The Morgan fingerprint density at radius 3 is 2.78 bits per heavy atom. The summed E-state index contributed by atoms with van der Waals surface area (Å²) in [6.45, 7) is 3.13. The van der Waals surface area contributed by atoms with Crippen molar-refractivity contribution in [1.29, 1.82) is 0 Å². The maximum atomic E-state index is 5.87. The Balaban J connectivity index is 1.78. The van der Waals surface area contributed by atoms with Crippen LogP contribution in [-0.4, -0.2) is 22.9 Å². The summed E-state index contributed by atoms with van der Waals surface area (Å²) >= 11 is 5.87. The molecule has 1 aromatic heterocycles. The molecule has 4 heteroatoms. The zero-order valence-electron chi connectivity index (χ0n) is 10.2. The van der Waals surface area contributed by atoms with Crippen LogP contribution >= 0.6 is 11.6 Å². The Kier molecular flexibility index (Phi) is 3.24. The predicted molar refractivity (Wildman–Crippen MR) is 74.2 cm³/mol. The first-order valence-electron chi connectivity index (χ1n) is 6.33. The van der Waals surface area contributed by atoms with Gasteiger partial charge in [-0.1, -0.05) is 23.7 Å². The number of benzene rings is 1. The first-order valence-corrected chi connectivity index (χ1v) is 6.71. The summed E-state index contributed by atoms with van der Waals surface area (Å²) in [5, 5.41) is 4.90. The van der Waals surface area contributed by atoms with Crippen LogP contribution in [0.2, 0.25) is 5.02 Å². The summed E-state index contributed by atoms with van der Waals surface area (Å²) in [7, 11) is 0. The lowest BCUT2D eigenvalue weighted by Gasteiger charge is -2.18. The number of hydrogen-bond donors (Lipinski definition) is 0. The van der Waals surface area contributed by atoms with Gasteiger partial charge in [0.15, 0.2) is 0 Å². The maximum Gasteiger partial charge on any atom is 0.0785 e. The third kappa shape index (κ3) is 2.51. The van der Waals surface area contributed by atoms with Crippen molar-refractivity contribution < 1.29 is 0 Å². The second kappa shape index (κ2) is 5.02. The quantitative estimate of drug-likeness (QED) is 0.846. The normalized spacial score (nSPS) is 15.3. The number of nitrogens with zero attached hydrogens (tertiary/aromatic N) is 3. The highest BCUT2D eigenvalue weighted by molar-refractivity contribution is 6.30. The average molecular weight is 262 g/mol. The Morgan fingerprint density at radius 2 is 2.06 bits per heavy atom. The molecule has 18 heavy (non-hydrogen) atoms. The van der Waals surface area contributed by atoms with Crippen molar-refractivity contribution in [3.8, 4) is 0 Å². The molecule has 3 nitrogen and oxygen atoms in total. The predicted octanol–water partition coefficient (Wildman–Crippen LogP) is 3.19. The van der Waals surface area contributed by atoms with Crippen molar-refractivity contribution in [2.24, 2.45) is 0 Å². The third-order valence-electron chi connectivity index (χ3n) is 3.33. The summed E-state index contributed by atoms with van der Waals surface area (Å²) in [6.07, 6.45) is 6.13. The van der Waals surface area contributed by atoms with E-state index in [0.717, 1.165) is 6.54 Å². The van der Waals surface area contributed by atoms with Gasteiger partial charge in [-0.25, -0.2) is 0 Å². The lowest BCUT2D eigenvalue weighted by atomic mass is 10.2. The minimum atomic E-state index is 0.686. The van der Waals surface area contributed by atoms with Gasteiger partial charge in [-0.15, -0.1) is 0 Å². The van der Waals surface area contributed by atoms with Gasteiger partial charge >= 0.3 is 0 Å². The molecule has 2 aromatic rings. The minimum Gasteiger partial charge on any atom is -0.372 e. The second-order valence-corrected chi connectivity index (χ2v) is 5.16. The van der Waals surface area contributed by atoms with Gasteiger partial charge < -0.3 is 4.90 Å². The van der Waals surface area contributed by atoms with Crippen LogP contribution in [0, 0.1) is 0 Å². The van der Waals surface area contributed by atoms with Gasteiger partial charge in [0.05, 0.1) is 17.8 Å². The molecule has 0 radical (unpaired) electrons. The number of rotatable bonds is 3. The van der Waals surface area contributed by atoms with E-state index < -0.39 is 0 Å². The maximum absolute atomic E-state index is 5.87. The van der Waals surface area contributed by atoms with Gasteiger partial charge in [0.2, 0.25) is 0 Å². The molecule has 0 amide bonds. The zero-order chi connectivity index (χ0) is 12.4. The van der Waals surface area contributed by atoms with E-state index in [1.54, 1.807) is 6.20 Å². The van der Waals surface area contributed by atoms with E-state index >= 15 is 0 Å². The van der Waals surface area contributed by atoms with E-state index in [0.29, 0.717) is 5.02 Å². The molecule has 1 aliphatic heterocycles. The lowest BCUT2D eigenvalue weighted by Crippen LogP contribution is -2.17. The van der Waals surface area contributed by atoms with Crippen LogP contribution < -0.4 is 4.90 Å². The van der Waals surface area contributed by atoms with Crippen LogP contribution in [0.15, 0.2) is 36.7 Å². The molecular weight excluding hydrogens is 246 g/mol. The van der Waals surface area contributed by atoms with Crippen molar-refractivity contribution in [1.82, 2.24) is 9.78 Å². The summed E-state index contributed by atoms with van der Waals surface area (Å²) in [4.78, 5) is 2.44. The Bertz CT molecular complexity index is 529. The number of halogens is 1. The van der Waals surface area contributed by atoms with Crippen molar-refractivity contribution >= 4 is 17.3 Å². The number of hydrogen-bond acceptors (Lipinski definition) is 2. The fraction of sp³-hybridized carbons (Fsp3) is 0.357. The summed E-state index contributed by atoms with van der Waals surface area (Å²) in [6, 6.07) is 8.69. The first kappa shape index (κ1) is 11.6. The highest BCUT2D eigenvalue weighted by Gasteiger charge is 2.12. The van der Waals surface area contributed by atoms with Gasteiger partial charge in [0.25, 0.3) is 0 Å². The van der Waals surface area contributed by atoms with Gasteiger partial charge in [-0.3, -0.25) is 4.68 Å². The number of anilines is 1. The smallest absolute Gasteiger partial charge is 0.0785 e. The van der Waals surface area contributed by atoms with E-state index in [1.807, 2.05) is 10.9 Å². The molecule has 2 heterocycles. The van der Waals surface area contributed by atoms with Gasteiger partial charge in [0.1, 0.15) is 0 Å². The Labute approximate surface area is 112 Å². The van der Waals surface area contributed by atoms with E-state index in [2.05, 4.69) is 34.3 Å². The standard InChI is InChI=1S/C14H16ClN3/c15-13-9-16-18(11-13)10-12-4-3-5-14(8-12)17-6-1-2-7-17/h3-5,8-9,11H,1-2,6-7,10H2. The topological polar surface area (TPSA) is 21.1 Å². The van der Waals surface area contributed by atoms with Gasteiger partial charge in [-0.05, 0) is 30.5 Å². The van der Waals surface area contributed by atoms with Crippen molar-refractivity contribution in [3.05, 3.63) is 47.2 Å². The third-order valence-corrected chi connectivity index (χ3v) is 3.52. The molecule has 1 aliphatic rings. The average Bonchev–Trinajstić information content (AvgIpc) is 3.01. The fourth-order valence-corrected chi connectivity index (χ4v) is 2.60. The van der Waals surface area contributed by atoms with E-state index in [9.17, 15) is 0 Å². The van der Waals surface area contributed by atoms with Crippen LogP contribution in [0.25, 0.3) is 0 Å². The monoisotopic (exact) mass is 261 g/mol. The van der Waals surface area contributed by atoms with Crippen LogP contribution in [0.5, 0.6) is 0 Å². The van der Waals surface area contributed by atoms with Crippen molar-refractivity contribution in [2.75, 3.05) is 18.0 Å². The van der Waals surface area contributed by atoms with E-state index in [4.69, 9.17) is 11.6 Å². The molecule has 0 aliphatic carbocycles. The molecule has 94 valence electrons. The summed E-state index contributed by atoms with van der Waals surface area (Å²) < 4.78 is 1.87. The minimum absolute atomic E-state index is 0.686. The lowest BCUT2D eigenvalue weighted by molar-refractivity contribution is 0.686.